The first-order valence-corrected chi connectivity index (χ1v) is 7.94. The van der Waals surface area contributed by atoms with E-state index in [1.807, 2.05) is 5.38 Å². The summed E-state index contributed by atoms with van der Waals surface area (Å²) in [5.41, 5.74) is 0.978. The quantitative estimate of drug-likeness (QED) is 0.776. The van der Waals surface area contributed by atoms with Gasteiger partial charge < -0.3 is 4.74 Å². The third kappa shape index (κ3) is 3.67. The van der Waals surface area contributed by atoms with Crippen molar-refractivity contribution in [2.45, 2.75) is 44.2 Å². The van der Waals surface area contributed by atoms with E-state index in [9.17, 15) is 0 Å². The van der Waals surface area contributed by atoms with E-state index >= 15 is 0 Å². The molecule has 3 nitrogen and oxygen atoms in total. The van der Waals surface area contributed by atoms with Crippen molar-refractivity contribution in [1.29, 1.82) is 0 Å². The summed E-state index contributed by atoms with van der Waals surface area (Å²) in [7, 11) is 2.14. The molecule has 5 heteroatoms. The number of likely N-dealkylation sites (N-methyl/N-ethyl adjacent to an activating group) is 1. The summed E-state index contributed by atoms with van der Waals surface area (Å²) < 4.78 is 5.78. The summed E-state index contributed by atoms with van der Waals surface area (Å²) in [5.74, 6) is 0.499. The summed E-state index contributed by atoms with van der Waals surface area (Å²) in [6, 6.07) is 0.331. The molecular formula is C13H21ClN2OS. The maximum absolute atomic E-state index is 5.79. The molecule has 2 atom stereocenters. The summed E-state index contributed by atoms with van der Waals surface area (Å²) in [5, 5.41) is 3.19. The molecule has 0 saturated carbocycles. The van der Waals surface area contributed by atoms with Gasteiger partial charge in [-0.05, 0) is 33.2 Å². The summed E-state index contributed by atoms with van der Waals surface area (Å²) in [4.78, 5) is 6.87. The second-order valence-electron chi connectivity index (χ2n) is 4.91. The maximum Gasteiger partial charge on any atom is 0.110 e. The van der Waals surface area contributed by atoms with Gasteiger partial charge in [-0.3, -0.25) is 4.90 Å². The predicted molar refractivity (Wildman–Crippen MR) is 76.3 cm³/mol. The topological polar surface area (TPSA) is 25.4 Å². The van der Waals surface area contributed by atoms with Crippen LogP contribution < -0.4 is 0 Å². The number of hydrogen-bond donors (Lipinski definition) is 0. The standard InChI is InChI=1S/C13H21ClN2OS/c1-10(13-15-11(7-14)9-18-13)16(2)8-12-5-3-4-6-17-12/h9-10,12H,3-8H2,1-2H3. The van der Waals surface area contributed by atoms with Crippen LogP contribution in [0, 0.1) is 0 Å². The van der Waals surface area contributed by atoms with E-state index in [0.29, 0.717) is 18.0 Å². The van der Waals surface area contributed by atoms with Crippen LogP contribution in [-0.2, 0) is 10.6 Å². The first-order valence-electron chi connectivity index (χ1n) is 6.53. The molecule has 18 heavy (non-hydrogen) atoms. The van der Waals surface area contributed by atoms with E-state index in [0.717, 1.165) is 23.9 Å². The molecular weight excluding hydrogens is 268 g/mol. The number of ether oxygens (including phenoxy) is 1. The number of alkyl halides is 1. The van der Waals surface area contributed by atoms with E-state index in [1.54, 1.807) is 11.3 Å². The van der Waals surface area contributed by atoms with Gasteiger partial charge in [-0.25, -0.2) is 4.98 Å². The molecule has 0 spiro atoms. The van der Waals surface area contributed by atoms with Crippen molar-refractivity contribution >= 4 is 22.9 Å². The monoisotopic (exact) mass is 288 g/mol. The summed E-state index contributed by atoms with van der Waals surface area (Å²) >= 11 is 7.49. The van der Waals surface area contributed by atoms with Gasteiger partial charge in [0, 0.05) is 18.5 Å². The smallest absolute Gasteiger partial charge is 0.110 e. The predicted octanol–water partition coefficient (Wildman–Crippen LogP) is 3.44. The van der Waals surface area contributed by atoms with Crippen molar-refractivity contribution in [3.63, 3.8) is 0 Å². The molecule has 0 amide bonds. The fourth-order valence-electron chi connectivity index (χ4n) is 2.20. The highest BCUT2D eigenvalue weighted by molar-refractivity contribution is 7.09. The van der Waals surface area contributed by atoms with Gasteiger partial charge in [0.2, 0.25) is 0 Å². The van der Waals surface area contributed by atoms with Gasteiger partial charge in [-0.2, -0.15) is 0 Å². The van der Waals surface area contributed by atoms with Crippen molar-refractivity contribution in [3.8, 4) is 0 Å². The second kappa shape index (κ2) is 6.85. The van der Waals surface area contributed by atoms with Crippen LogP contribution in [0.2, 0.25) is 0 Å². The minimum absolute atomic E-state index is 0.331. The molecule has 1 fully saturated rings. The molecule has 0 aliphatic carbocycles. The molecule has 1 aromatic heterocycles. The third-order valence-corrected chi connectivity index (χ3v) is 4.83. The van der Waals surface area contributed by atoms with Crippen LogP contribution in [0.5, 0.6) is 0 Å². The number of thiazole rings is 1. The minimum Gasteiger partial charge on any atom is -0.377 e. The normalized spacial score (nSPS) is 22.3. The Hall–Kier alpha value is -0.160. The van der Waals surface area contributed by atoms with E-state index in [1.165, 1.54) is 19.3 Å². The van der Waals surface area contributed by atoms with Gasteiger partial charge in [0.1, 0.15) is 5.01 Å². The first-order chi connectivity index (χ1) is 8.70. The molecule has 0 aromatic carbocycles. The average molecular weight is 289 g/mol. The van der Waals surface area contributed by atoms with Gasteiger partial charge in [0.25, 0.3) is 0 Å². The Labute approximate surface area is 118 Å². The third-order valence-electron chi connectivity index (χ3n) is 3.49. The van der Waals surface area contributed by atoms with Crippen LogP contribution in [0.4, 0.5) is 0 Å². The molecule has 2 unspecified atom stereocenters. The van der Waals surface area contributed by atoms with E-state index in [4.69, 9.17) is 16.3 Å². The molecule has 2 heterocycles. The van der Waals surface area contributed by atoms with Crippen LogP contribution in [0.1, 0.15) is 42.9 Å². The Morgan fingerprint density at radius 3 is 3.06 bits per heavy atom. The largest absolute Gasteiger partial charge is 0.377 e. The number of nitrogens with zero attached hydrogens (tertiary/aromatic N) is 2. The molecule has 1 aromatic rings. The zero-order valence-corrected chi connectivity index (χ0v) is 12.6. The zero-order valence-electron chi connectivity index (χ0n) is 11.1. The van der Waals surface area contributed by atoms with Crippen molar-refractivity contribution in [3.05, 3.63) is 16.1 Å². The molecule has 0 radical (unpaired) electrons. The fourth-order valence-corrected chi connectivity index (χ4v) is 3.36. The molecule has 102 valence electrons. The summed E-state index contributed by atoms with van der Waals surface area (Å²) in [6.45, 7) is 4.09. The SMILES string of the molecule is CC(c1nc(CCl)cs1)N(C)CC1CCCCO1. The van der Waals surface area contributed by atoms with Gasteiger partial charge >= 0.3 is 0 Å². The average Bonchev–Trinajstić information content (AvgIpc) is 2.87. The molecule has 2 rings (SSSR count). The Bertz CT molecular complexity index is 366. The molecule has 1 saturated heterocycles. The number of hydrogen-bond acceptors (Lipinski definition) is 4. The van der Waals surface area contributed by atoms with Crippen molar-refractivity contribution in [2.24, 2.45) is 0 Å². The summed E-state index contributed by atoms with van der Waals surface area (Å²) in [6.07, 6.45) is 4.07. The van der Waals surface area contributed by atoms with Crippen LogP contribution in [-0.4, -0.2) is 36.2 Å². The molecule has 1 aliphatic rings. The Morgan fingerprint density at radius 2 is 2.44 bits per heavy atom. The van der Waals surface area contributed by atoms with Crippen molar-refractivity contribution in [1.82, 2.24) is 9.88 Å². The van der Waals surface area contributed by atoms with Gasteiger partial charge in [0.05, 0.1) is 23.7 Å². The van der Waals surface area contributed by atoms with Gasteiger partial charge in [-0.1, -0.05) is 0 Å². The van der Waals surface area contributed by atoms with Crippen molar-refractivity contribution in [2.75, 3.05) is 20.2 Å². The van der Waals surface area contributed by atoms with Crippen LogP contribution in [0.3, 0.4) is 0 Å². The van der Waals surface area contributed by atoms with Crippen molar-refractivity contribution < 1.29 is 4.74 Å². The second-order valence-corrected chi connectivity index (χ2v) is 6.07. The highest BCUT2D eigenvalue weighted by atomic mass is 35.5. The fraction of sp³-hybridized carbons (Fsp3) is 0.769. The van der Waals surface area contributed by atoms with E-state index < -0.39 is 0 Å². The lowest BCUT2D eigenvalue weighted by Crippen LogP contribution is -2.34. The minimum atomic E-state index is 0.331. The van der Waals surface area contributed by atoms with E-state index in [2.05, 4.69) is 23.9 Å². The molecule has 0 N–H and O–H groups in total. The van der Waals surface area contributed by atoms with Crippen LogP contribution in [0.15, 0.2) is 5.38 Å². The Balaban J connectivity index is 1.88. The highest BCUT2D eigenvalue weighted by Gasteiger charge is 2.21. The Morgan fingerprint density at radius 1 is 1.61 bits per heavy atom. The van der Waals surface area contributed by atoms with Crippen LogP contribution in [0.25, 0.3) is 0 Å². The number of aromatic nitrogens is 1. The number of halogens is 1. The van der Waals surface area contributed by atoms with Gasteiger partial charge in [-0.15, -0.1) is 22.9 Å². The van der Waals surface area contributed by atoms with Crippen LogP contribution >= 0.6 is 22.9 Å². The lowest BCUT2D eigenvalue weighted by molar-refractivity contribution is -0.00716. The van der Waals surface area contributed by atoms with Gasteiger partial charge in [0.15, 0.2) is 0 Å². The lowest BCUT2D eigenvalue weighted by atomic mass is 10.1. The zero-order chi connectivity index (χ0) is 13.0. The number of rotatable bonds is 5. The Kier molecular flexibility index (Phi) is 5.42. The maximum atomic E-state index is 5.79. The lowest BCUT2D eigenvalue weighted by Gasteiger charge is -2.30. The van der Waals surface area contributed by atoms with E-state index in [-0.39, 0.29) is 0 Å². The molecule has 0 bridgehead atoms. The highest BCUT2D eigenvalue weighted by Crippen LogP contribution is 2.24. The molecule has 1 aliphatic heterocycles. The first kappa shape index (κ1) is 14.3.